The van der Waals surface area contributed by atoms with Crippen LogP contribution in [0.3, 0.4) is 0 Å². The summed E-state index contributed by atoms with van der Waals surface area (Å²) < 4.78 is 12.5. The van der Waals surface area contributed by atoms with Gasteiger partial charge < -0.3 is 4.74 Å². The van der Waals surface area contributed by atoms with Crippen LogP contribution in [0.4, 0.5) is 5.69 Å². The smallest absolute Gasteiger partial charge is 0.402 e. The number of hydrogen-bond acceptors (Lipinski definition) is 1. The fraction of sp³-hybridized carbons (Fsp3) is 0.304. The van der Waals surface area contributed by atoms with Gasteiger partial charge in [-0.05, 0) is 55.7 Å². The van der Waals surface area contributed by atoms with Crippen molar-refractivity contribution >= 4 is 22.5 Å². The van der Waals surface area contributed by atoms with Gasteiger partial charge in [0.15, 0.2) is 0 Å². The van der Waals surface area contributed by atoms with Crippen LogP contribution in [0.2, 0.25) is 0 Å². The van der Waals surface area contributed by atoms with Gasteiger partial charge in [-0.1, -0.05) is 18.2 Å². The van der Waals surface area contributed by atoms with Gasteiger partial charge in [-0.2, -0.15) is 0 Å². The Labute approximate surface area is 165 Å². The standard InChI is InChI=1S/C23H26N4O/c1-26-21-9-5-4-8-18(21)10-15-22(26)25-23(27-16-6-3-7-17-27)24-19-11-13-20(28-2)14-12-19/h4-5,8-15H,3,6-7,16-17H2,1-2H3/p+1. The van der Waals surface area contributed by atoms with Crippen molar-refractivity contribution in [2.45, 2.75) is 19.3 Å². The van der Waals surface area contributed by atoms with Gasteiger partial charge in [-0.3, -0.25) is 14.8 Å². The van der Waals surface area contributed by atoms with E-state index in [0.717, 1.165) is 36.0 Å². The molecule has 0 radical (unpaired) electrons. The Morgan fingerprint density at radius 1 is 0.929 bits per heavy atom. The lowest BCUT2D eigenvalue weighted by Gasteiger charge is -2.23. The highest BCUT2D eigenvalue weighted by Crippen LogP contribution is 2.16. The predicted molar refractivity (Wildman–Crippen MR) is 115 cm³/mol. The molecule has 0 bridgehead atoms. The Kier molecular flexibility index (Phi) is 5.36. The van der Waals surface area contributed by atoms with E-state index in [-0.39, 0.29) is 0 Å². The van der Waals surface area contributed by atoms with Gasteiger partial charge in [0.25, 0.3) is 5.49 Å². The molecule has 4 rings (SSSR count). The number of aromatic nitrogens is 1. The van der Waals surface area contributed by atoms with Crippen molar-refractivity contribution in [2.24, 2.45) is 7.05 Å². The molecule has 1 fully saturated rings. The SMILES string of the molecule is COc1ccc(NC(=[N+]=c2ccc3ccccc3n2C)N2CCCCC2)cc1. The maximum atomic E-state index is 5.27. The average molecular weight is 375 g/mol. The number of hydrogen-bond donors (Lipinski definition) is 1. The minimum absolute atomic E-state index is 0.850. The highest BCUT2D eigenvalue weighted by atomic mass is 16.5. The topological polar surface area (TPSA) is 43.5 Å². The molecule has 144 valence electrons. The van der Waals surface area contributed by atoms with E-state index in [2.05, 4.69) is 58.2 Å². The van der Waals surface area contributed by atoms with Crippen molar-refractivity contribution in [2.75, 3.05) is 25.5 Å². The molecule has 0 atom stereocenters. The van der Waals surface area contributed by atoms with E-state index in [1.54, 1.807) is 7.11 Å². The zero-order valence-corrected chi connectivity index (χ0v) is 16.6. The molecule has 0 saturated carbocycles. The van der Waals surface area contributed by atoms with Crippen LogP contribution in [0, 0.1) is 0 Å². The van der Waals surface area contributed by atoms with Gasteiger partial charge in [0.05, 0.1) is 31.4 Å². The Morgan fingerprint density at radius 2 is 1.68 bits per heavy atom. The molecule has 0 amide bonds. The number of methoxy groups -OCH3 is 1. The number of likely N-dealkylation sites (tertiary alicyclic amines) is 1. The third-order valence-corrected chi connectivity index (χ3v) is 5.28. The number of guanidine groups is 1. The van der Waals surface area contributed by atoms with Crippen LogP contribution in [-0.2, 0) is 7.05 Å². The molecule has 2 aromatic carbocycles. The van der Waals surface area contributed by atoms with Gasteiger partial charge in [0.2, 0.25) is 0 Å². The summed E-state index contributed by atoms with van der Waals surface area (Å²) in [6.45, 7) is 2.05. The second-order valence-corrected chi connectivity index (χ2v) is 7.15. The molecule has 1 aliphatic heterocycles. The van der Waals surface area contributed by atoms with E-state index in [1.165, 1.54) is 30.2 Å². The molecule has 0 unspecified atom stereocenters. The predicted octanol–water partition coefficient (Wildman–Crippen LogP) is 3.11. The minimum Gasteiger partial charge on any atom is -0.497 e. The van der Waals surface area contributed by atoms with Crippen LogP contribution >= 0.6 is 0 Å². The number of nitrogens with one attached hydrogen (secondary N) is 1. The van der Waals surface area contributed by atoms with Crippen LogP contribution in [0.15, 0.2) is 60.7 Å². The summed E-state index contributed by atoms with van der Waals surface area (Å²) in [5.41, 5.74) is 3.11. The van der Waals surface area contributed by atoms with Gasteiger partial charge in [0, 0.05) is 18.5 Å². The first-order chi connectivity index (χ1) is 13.7. The van der Waals surface area contributed by atoms with Crippen molar-refractivity contribution in [1.82, 2.24) is 14.1 Å². The van der Waals surface area contributed by atoms with Crippen molar-refractivity contribution in [3.63, 3.8) is 0 Å². The molecular weight excluding hydrogens is 348 g/mol. The zero-order valence-electron chi connectivity index (χ0n) is 16.6. The lowest BCUT2D eigenvalue weighted by atomic mass is 10.1. The number of para-hydroxylation sites is 1. The van der Waals surface area contributed by atoms with Crippen molar-refractivity contribution in [1.29, 1.82) is 0 Å². The zero-order chi connectivity index (χ0) is 19.3. The van der Waals surface area contributed by atoms with E-state index >= 15 is 0 Å². The van der Waals surface area contributed by atoms with Crippen molar-refractivity contribution in [3.8, 4) is 5.75 Å². The molecule has 5 nitrogen and oxygen atoms in total. The van der Waals surface area contributed by atoms with E-state index in [1.807, 2.05) is 24.3 Å². The number of nitrogens with zero attached hydrogens (tertiary/aromatic N) is 3. The maximum absolute atomic E-state index is 5.27. The van der Waals surface area contributed by atoms with E-state index < -0.39 is 0 Å². The van der Waals surface area contributed by atoms with Crippen LogP contribution in [0.5, 0.6) is 5.75 Å². The third-order valence-electron chi connectivity index (χ3n) is 5.28. The summed E-state index contributed by atoms with van der Waals surface area (Å²) in [6, 6.07) is 20.6. The first kappa shape index (κ1) is 18.2. The summed E-state index contributed by atoms with van der Waals surface area (Å²) in [7, 11) is 3.76. The summed E-state index contributed by atoms with van der Waals surface area (Å²) in [5, 5.41) is 4.75. The van der Waals surface area contributed by atoms with E-state index in [9.17, 15) is 0 Å². The molecule has 1 saturated heterocycles. The first-order valence-electron chi connectivity index (χ1n) is 9.87. The van der Waals surface area contributed by atoms with Crippen molar-refractivity contribution in [3.05, 3.63) is 66.2 Å². The second kappa shape index (κ2) is 8.24. The molecule has 0 spiro atoms. The highest BCUT2D eigenvalue weighted by molar-refractivity contribution is 5.92. The number of aryl methyl sites for hydroxylation is 1. The van der Waals surface area contributed by atoms with E-state index in [0.29, 0.717) is 0 Å². The Balaban J connectivity index is 1.82. The lowest BCUT2D eigenvalue weighted by Crippen LogP contribution is -2.43. The highest BCUT2D eigenvalue weighted by Gasteiger charge is 2.21. The summed E-state index contributed by atoms with van der Waals surface area (Å²) in [5.74, 6) is 1.75. The number of fused-ring (bicyclic) bond motifs is 1. The summed E-state index contributed by atoms with van der Waals surface area (Å²) >= 11 is 0. The van der Waals surface area contributed by atoms with Crippen LogP contribution in [0.1, 0.15) is 19.3 Å². The van der Waals surface area contributed by atoms with Crippen LogP contribution in [-0.4, -0.2) is 35.6 Å². The third kappa shape index (κ3) is 3.90. The van der Waals surface area contributed by atoms with Gasteiger partial charge >= 0.3 is 5.96 Å². The molecule has 2 heterocycles. The number of anilines is 1. The molecule has 28 heavy (non-hydrogen) atoms. The molecular formula is C23H27N4O+. The van der Waals surface area contributed by atoms with Crippen LogP contribution < -0.4 is 20.2 Å². The number of ether oxygens (including phenoxy) is 1. The quantitative estimate of drug-likeness (QED) is 0.425. The average Bonchev–Trinajstić information content (AvgIpc) is 2.76. The lowest BCUT2D eigenvalue weighted by molar-refractivity contribution is 0.340. The van der Waals surface area contributed by atoms with Crippen LogP contribution in [0.25, 0.3) is 10.9 Å². The largest absolute Gasteiger partial charge is 0.497 e. The molecule has 0 aliphatic carbocycles. The van der Waals surface area contributed by atoms with Gasteiger partial charge in [-0.15, -0.1) is 0 Å². The number of pyridine rings is 1. The maximum Gasteiger partial charge on any atom is 0.402 e. The number of rotatable bonds is 2. The molecule has 5 heteroatoms. The normalized spacial score (nSPS) is 13.9. The minimum atomic E-state index is 0.850. The fourth-order valence-electron chi connectivity index (χ4n) is 3.64. The van der Waals surface area contributed by atoms with Gasteiger partial charge in [0.1, 0.15) is 5.75 Å². The molecule has 1 aromatic heterocycles. The fourth-order valence-corrected chi connectivity index (χ4v) is 3.64. The monoisotopic (exact) mass is 375 g/mol. The molecule has 1 N–H and O–H groups in total. The van der Waals surface area contributed by atoms with Crippen molar-refractivity contribution < 1.29 is 4.74 Å². The Hall–Kier alpha value is -3.17. The molecule has 1 aliphatic rings. The number of piperidine rings is 1. The Morgan fingerprint density at radius 3 is 2.43 bits per heavy atom. The summed E-state index contributed by atoms with van der Waals surface area (Å²) in [6.07, 6.45) is 3.69. The van der Waals surface area contributed by atoms with E-state index in [4.69, 9.17) is 9.40 Å². The summed E-state index contributed by atoms with van der Waals surface area (Å²) in [4.78, 5) is 2.35. The molecule has 3 aromatic rings. The van der Waals surface area contributed by atoms with Gasteiger partial charge in [-0.25, -0.2) is 4.67 Å². The number of benzene rings is 2. The first-order valence-corrected chi connectivity index (χ1v) is 9.87. The second-order valence-electron chi connectivity index (χ2n) is 7.15. The Bertz CT molecular complexity index is 1060.